The Kier molecular flexibility index (Phi) is 2.25. The maximum atomic E-state index is 10.7. The van der Waals surface area contributed by atoms with Crippen LogP contribution in [0.5, 0.6) is 0 Å². The molecule has 0 aliphatic rings. The number of hydrogen-bond donors (Lipinski definition) is 1. The van der Waals surface area contributed by atoms with Crippen LogP contribution in [0.1, 0.15) is 5.56 Å². The predicted molar refractivity (Wildman–Crippen MR) is 57.6 cm³/mol. The highest BCUT2D eigenvalue weighted by molar-refractivity contribution is 5.74. The van der Waals surface area contributed by atoms with Gasteiger partial charge in [0, 0.05) is 0 Å². The van der Waals surface area contributed by atoms with Crippen molar-refractivity contribution in [3.63, 3.8) is 0 Å². The van der Waals surface area contributed by atoms with Gasteiger partial charge in [-0.1, -0.05) is 24.3 Å². The van der Waals surface area contributed by atoms with Crippen LogP contribution in [-0.4, -0.2) is 9.91 Å². The normalized spacial score (nSPS) is 10.2. The Morgan fingerprint density at radius 1 is 1.20 bits per heavy atom. The molecule has 2 aromatic rings. The van der Waals surface area contributed by atoms with Crippen molar-refractivity contribution >= 4 is 5.82 Å². The maximum absolute atomic E-state index is 10.7. The second-order valence-electron chi connectivity index (χ2n) is 3.31. The molecule has 0 atom stereocenters. The summed E-state index contributed by atoms with van der Waals surface area (Å²) in [7, 11) is 0. The average molecular weight is 202 g/mol. The second kappa shape index (κ2) is 3.57. The summed E-state index contributed by atoms with van der Waals surface area (Å²) in [6, 6.07) is 9.33. The Labute approximate surface area is 86.7 Å². The molecule has 4 nitrogen and oxygen atoms in total. The van der Waals surface area contributed by atoms with E-state index in [1.165, 1.54) is 0 Å². The fraction of sp³-hybridized carbons (Fsp3) is 0.0909. The van der Waals surface area contributed by atoms with Gasteiger partial charge in [-0.25, -0.2) is 4.98 Å². The van der Waals surface area contributed by atoms with Gasteiger partial charge in [0.1, 0.15) is 0 Å². The van der Waals surface area contributed by atoms with Crippen LogP contribution < -0.4 is 0 Å². The smallest absolute Gasteiger partial charge is 0.328 e. The number of hydrogen-bond acceptors (Lipinski definition) is 2. The molecule has 1 aromatic heterocycles. The average Bonchev–Trinajstić information content (AvgIpc) is 2.67. The van der Waals surface area contributed by atoms with Gasteiger partial charge in [0.25, 0.3) is 0 Å². The SMILES string of the molecule is Cc1ccccc1-c1cc[nH]c1[N+](=O)[O-]. The van der Waals surface area contributed by atoms with Crippen molar-refractivity contribution in [1.29, 1.82) is 0 Å². The molecule has 4 heteroatoms. The summed E-state index contributed by atoms with van der Waals surface area (Å²) in [4.78, 5) is 13.0. The molecule has 1 heterocycles. The lowest BCUT2D eigenvalue weighted by Crippen LogP contribution is -1.91. The zero-order valence-electron chi connectivity index (χ0n) is 8.23. The van der Waals surface area contributed by atoms with Crippen LogP contribution in [0.2, 0.25) is 0 Å². The highest BCUT2D eigenvalue weighted by Gasteiger charge is 2.15. The first kappa shape index (κ1) is 9.45. The molecule has 15 heavy (non-hydrogen) atoms. The molecular weight excluding hydrogens is 192 g/mol. The molecule has 1 aromatic carbocycles. The minimum absolute atomic E-state index is 0.0456. The molecule has 0 fully saturated rings. The molecule has 0 unspecified atom stereocenters. The maximum Gasteiger partial charge on any atom is 0.328 e. The molecule has 0 saturated heterocycles. The number of nitro groups is 1. The van der Waals surface area contributed by atoms with Crippen LogP contribution in [0, 0.1) is 17.0 Å². The number of benzene rings is 1. The third-order valence-electron chi connectivity index (χ3n) is 2.34. The molecule has 0 radical (unpaired) electrons. The number of nitrogens with zero attached hydrogens (tertiary/aromatic N) is 1. The van der Waals surface area contributed by atoms with E-state index in [1.807, 2.05) is 31.2 Å². The number of H-pyrrole nitrogens is 1. The molecule has 0 aliphatic carbocycles. The summed E-state index contributed by atoms with van der Waals surface area (Å²) in [5.74, 6) is 0.0456. The number of rotatable bonds is 2. The highest BCUT2D eigenvalue weighted by Crippen LogP contribution is 2.30. The Morgan fingerprint density at radius 2 is 1.93 bits per heavy atom. The minimum atomic E-state index is -0.401. The molecule has 0 bridgehead atoms. The van der Waals surface area contributed by atoms with Gasteiger partial charge in [0.2, 0.25) is 0 Å². The first-order chi connectivity index (χ1) is 7.20. The van der Waals surface area contributed by atoms with Crippen molar-refractivity contribution in [1.82, 2.24) is 4.98 Å². The summed E-state index contributed by atoms with van der Waals surface area (Å²) in [6.07, 6.45) is 1.58. The Hall–Kier alpha value is -2.10. The summed E-state index contributed by atoms with van der Waals surface area (Å²) in [5.41, 5.74) is 2.56. The summed E-state index contributed by atoms with van der Waals surface area (Å²) >= 11 is 0. The van der Waals surface area contributed by atoms with E-state index in [2.05, 4.69) is 4.98 Å². The molecule has 2 rings (SSSR count). The lowest BCUT2D eigenvalue weighted by molar-refractivity contribution is -0.388. The van der Waals surface area contributed by atoms with E-state index in [1.54, 1.807) is 12.3 Å². The van der Waals surface area contributed by atoms with Crippen molar-refractivity contribution in [2.24, 2.45) is 0 Å². The zero-order valence-corrected chi connectivity index (χ0v) is 8.23. The lowest BCUT2D eigenvalue weighted by Gasteiger charge is -2.02. The molecule has 0 saturated carbocycles. The van der Waals surface area contributed by atoms with E-state index < -0.39 is 4.92 Å². The summed E-state index contributed by atoms with van der Waals surface area (Å²) in [5, 5.41) is 10.7. The molecule has 76 valence electrons. The molecule has 1 N–H and O–H groups in total. The van der Waals surface area contributed by atoms with Crippen LogP contribution in [0.15, 0.2) is 36.5 Å². The van der Waals surface area contributed by atoms with Gasteiger partial charge in [0.05, 0.1) is 11.8 Å². The van der Waals surface area contributed by atoms with Gasteiger partial charge >= 0.3 is 5.82 Å². The lowest BCUT2D eigenvalue weighted by atomic mass is 10.0. The quantitative estimate of drug-likeness (QED) is 0.601. The monoisotopic (exact) mass is 202 g/mol. The second-order valence-corrected chi connectivity index (χ2v) is 3.31. The largest absolute Gasteiger partial charge is 0.358 e. The molecule has 0 amide bonds. The number of nitrogens with one attached hydrogen (secondary N) is 1. The van der Waals surface area contributed by atoms with E-state index in [-0.39, 0.29) is 5.82 Å². The van der Waals surface area contributed by atoms with E-state index in [9.17, 15) is 10.1 Å². The topological polar surface area (TPSA) is 58.9 Å². The van der Waals surface area contributed by atoms with E-state index >= 15 is 0 Å². The first-order valence-electron chi connectivity index (χ1n) is 4.58. The van der Waals surface area contributed by atoms with Crippen LogP contribution >= 0.6 is 0 Å². The molecular formula is C11H10N2O2. The standard InChI is InChI=1S/C11H10N2O2/c1-8-4-2-3-5-9(8)10-6-7-12-11(10)13(14)15/h2-7,12H,1H3. The number of aromatic nitrogens is 1. The van der Waals surface area contributed by atoms with Gasteiger partial charge in [-0.05, 0) is 29.0 Å². The van der Waals surface area contributed by atoms with Crippen LogP contribution in [0.4, 0.5) is 5.82 Å². The van der Waals surface area contributed by atoms with Crippen molar-refractivity contribution in [2.75, 3.05) is 0 Å². The molecule has 0 spiro atoms. The van der Waals surface area contributed by atoms with Crippen molar-refractivity contribution in [2.45, 2.75) is 6.92 Å². The van der Waals surface area contributed by atoms with Gasteiger partial charge in [-0.3, -0.25) is 0 Å². The van der Waals surface area contributed by atoms with Gasteiger partial charge in [-0.2, -0.15) is 0 Å². The zero-order chi connectivity index (χ0) is 10.8. The number of aromatic amines is 1. The minimum Gasteiger partial charge on any atom is -0.358 e. The van der Waals surface area contributed by atoms with Crippen molar-refractivity contribution < 1.29 is 4.92 Å². The van der Waals surface area contributed by atoms with Crippen LogP contribution in [-0.2, 0) is 0 Å². The van der Waals surface area contributed by atoms with Crippen LogP contribution in [0.3, 0.4) is 0 Å². The van der Waals surface area contributed by atoms with E-state index in [0.29, 0.717) is 5.56 Å². The van der Waals surface area contributed by atoms with Gasteiger partial charge in [-0.15, -0.1) is 0 Å². The van der Waals surface area contributed by atoms with E-state index in [0.717, 1.165) is 11.1 Å². The Morgan fingerprint density at radius 3 is 2.60 bits per heavy atom. The van der Waals surface area contributed by atoms with Gasteiger partial charge < -0.3 is 10.1 Å². The van der Waals surface area contributed by atoms with Crippen molar-refractivity contribution in [3.8, 4) is 11.1 Å². The van der Waals surface area contributed by atoms with E-state index in [4.69, 9.17) is 0 Å². The third-order valence-corrected chi connectivity index (χ3v) is 2.34. The molecule has 0 aliphatic heterocycles. The fourth-order valence-corrected chi connectivity index (χ4v) is 1.60. The summed E-state index contributed by atoms with van der Waals surface area (Å²) < 4.78 is 0. The fourth-order valence-electron chi connectivity index (χ4n) is 1.60. The predicted octanol–water partition coefficient (Wildman–Crippen LogP) is 2.90. The first-order valence-corrected chi connectivity index (χ1v) is 4.58. The Bertz CT molecular complexity index is 503. The van der Waals surface area contributed by atoms with Crippen molar-refractivity contribution in [3.05, 3.63) is 52.2 Å². The Balaban J connectivity index is 2.59. The van der Waals surface area contributed by atoms with Crippen LogP contribution in [0.25, 0.3) is 11.1 Å². The third kappa shape index (κ3) is 1.61. The highest BCUT2D eigenvalue weighted by atomic mass is 16.6. The number of aryl methyl sites for hydroxylation is 1. The van der Waals surface area contributed by atoms with Gasteiger partial charge in [0.15, 0.2) is 0 Å². The summed E-state index contributed by atoms with van der Waals surface area (Å²) in [6.45, 7) is 1.94.